The number of carbonyl (C=O) groups excluding carboxylic acids is 2. The van der Waals surface area contributed by atoms with Crippen LogP contribution in [0.1, 0.15) is 11.1 Å². The maximum Gasteiger partial charge on any atom is 0.354 e. The van der Waals surface area contributed by atoms with Gasteiger partial charge in [-0.25, -0.2) is 9.59 Å². The highest BCUT2D eigenvalue weighted by molar-refractivity contribution is 6.13. The van der Waals surface area contributed by atoms with Gasteiger partial charge < -0.3 is 9.47 Å². The van der Waals surface area contributed by atoms with E-state index in [4.69, 9.17) is 9.47 Å². The molecule has 0 atom stereocenters. The van der Waals surface area contributed by atoms with Gasteiger partial charge in [-0.2, -0.15) is 0 Å². The fraction of sp³-hybridized carbons (Fsp3) is 0.0357. The summed E-state index contributed by atoms with van der Waals surface area (Å²) in [5.41, 5.74) is 85.6. The Hall–Kier alpha value is -10.9. The van der Waals surface area contributed by atoms with E-state index in [-0.39, 0.29) is 13.2 Å². The molecule has 0 amide bonds. The molecule has 2 aromatic carbocycles. The Morgan fingerprint density at radius 3 is 0.900 bits per heavy atom. The van der Waals surface area contributed by atoms with Crippen molar-refractivity contribution in [2.24, 2.45) is 0 Å². The van der Waals surface area contributed by atoms with Crippen LogP contribution >= 0.6 is 0 Å². The van der Waals surface area contributed by atoms with Crippen LogP contribution in [0.15, 0.2) is 280 Å². The summed E-state index contributed by atoms with van der Waals surface area (Å²) >= 11 is 0. The van der Waals surface area contributed by atoms with E-state index in [1.54, 1.807) is 24.3 Å². The number of rotatable bonds is 8. The first-order chi connectivity index (χ1) is 29.7. The molecule has 2 rings (SSSR count). The SMILES string of the molecule is C=C=C=C=C=C=C=C=C=C=C=C=C=C=C=C=C=C=C=C=C=C=C=C=C=C=C=C=C=C=C=C=C=C=C=C(C(=O)OC/C=C/c1ccccc1)C(=O)OC/C=C/c1ccccc1. The summed E-state index contributed by atoms with van der Waals surface area (Å²) in [7, 11) is 0. The molecule has 0 heterocycles. The predicted octanol–water partition coefficient (Wildman–Crippen LogP) is 9.33. The minimum Gasteiger partial charge on any atom is -0.457 e. The highest BCUT2D eigenvalue weighted by Crippen LogP contribution is 2.05. The Labute approximate surface area is 346 Å². The van der Waals surface area contributed by atoms with Crippen molar-refractivity contribution >= 4 is 24.1 Å². The lowest BCUT2D eigenvalue weighted by molar-refractivity contribution is -0.145. The molecule has 0 aromatic heterocycles. The van der Waals surface area contributed by atoms with Crippen molar-refractivity contribution < 1.29 is 19.1 Å². The lowest BCUT2D eigenvalue weighted by Crippen LogP contribution is -2.18. The van der Waals surface area contributed by atoms with E-state index in [2.05, 4.69) is 201 Å². The lowest BCUT2D eigenvalue weighted by Gasteiger charge is -2.04. The van der Waals surface area contributed by atoms with Crippen molar-refractivity contribution in [2.45, 2.75) is 0 Å². The van der Waals surface area contributed by atoms with E-state index in [0.29, 0.717) is 0 Å². The standard InChI is InChI=1S/C56H20O4/c1-2-3-4-5-6-7-8-9-10-11-12-13-14-15-16-17-18-19-20-21-22-23-24-25-26-27-28-29-30-31-32-33-40-49-54(55(57)59-50-41-47-52-43-36-34-37-44-52)56(58)60-51-42-48-53-45-38-35-39-46-53/h34-39,41-48H,1,50-51H2/b47-41+,48-42+. The van der Waals surface area contributed by atoms with Crippen molar-refractivity contribution in [2.75, 3.05) is 13.2 Å². The number of hydrogen-bond acceptors (Lipinski definition) is 4. The third-order valence-corrected chi connectivity index (χ3v) is 5.46. The first-order valence-corrected chi connectivity index (χ1v) is 16.6. The second-order valence-corrected chi connectivity index (χ2v) is 9.50. The van der Waals surface area contributed by atoms with Crippen molar-refractivity contribution in [1.29, 1.82) is 0 Å². The molecule has 0 aliphatic heterocycles. The van der Waals surface area contributed by atoms with Crippen LogP contribution in [-0.4, -0.2) is 25.2 Å². The summed E-state index contributed by atoms with van der Waals surface area (Å²) in [6, 6.07) is 18.9. The van der Waals surface area contributed by atoms with Crippen molar-refractivity contribution in [3.63, 3.8) is 0 Å². The zero-order valence-corrected chi connectivity index (χ0v) is 31.3. The monoisotopic (exact) mass is 756 g/mol. The van der Waals surface area contributed by atoms with Gasteiger partial charge in [0.05, 0.1) is 0 Å². The van der Waals surface area contributed by atoms with E-state index in [1.165, 1.54) is 0 Å². The van der Waals surface area contributed by atoms with Crippen molar-refractivity contribution in [3.05, 3.63) is 291 Å². The summed E-state index contributed by atoms with van der Waals surface area (Å²) in [4.78, 5) is 25.4. The van der Waals surface area contributed by atoms with Crippen LogP contribution in [0.3, 0.4) is 0 Å². The normalized spacial score (nSPS) is 6.93. The molecule has 0 aliphatic rings. The molecule has 4 nitrogen and oxygen atoms in total. The summed E-state index contributed by atoms with van der Waals surface area (Å²) in [5.74, 6) is -1.90. The summed E-state index contributed by atoms with van der Waals surface area (Å²) in [6.07, 6.45) is 6.83. The number of esters is 2. The third-order valence-electron chi connectivity index (χ3n) is 5.46. The van der Waals surface area contributed by atoms with Crippen LogP contribution in [-0.2, 0) is 19.1 Å². The first kappa shape index (κ1) is 45.3. The molecule has 0 radical (unpaired) electrons. The maximum atomic E-state index is 12.7. The molecular weight excluding hydrogens is 737 g/mol. The molecule has 268 valence electrons. The van der Waals surface area contributed by atoms with E-state index in [1.807, 2.05) is 60.7 Å². The molecule has 0 unspecified atom stereocenters. The zero-order valence-electron chi connectivity index (χ0n) is 31.3. The highest BCUT2D eigenvalue weighted by Gasteiger charge is 2.21. The Balaban J connectivity index is 2.29. The first-order valence-electron chi connectivity index (χ1n) is 16.6. The molecule has 0 saturated carbocycles. The van der Waals surface area contributed by atoms with Gasteiger partial charge in [-0.05, 0) is 127 Å². The van der Waals surface area contributed by atoms with Gasteiger partial charge in [0.2, 0.25) is 0 Å². The van der Waals surface area contributed by atoms with Crippen LogP contribution in [0.25, 0.3) is 12.2 Å². The summed E-state index contributed by atoms with van der Waals surface area (Å²) < 4.78 is 10.4. The number of ether oxygens (including phenoxy) is 2. The number of benzene rings is 2. The molecule has 2 aromatic rings. The number of hydrogen-bond donors (Lipinski definition) is 0. The van der Waals surface area contributed by atoms with Gasteiger partial charge in [-0.3, -0.25) is 0 Å². The molecule has 4 heteroatoms. The maximum absolute atomic E-state index is 12.7. The fourth-order valence-corrected chi connectivity index (χ4v) is 3.15. The summed E-state index contributed by atoms with van der Waals surface area (Å²) in [5, 5.41) is 0. The van der Waals surface area contributed by atoms with Crippen molar-refractivity contribution in [1.82, 2.24) is 0 Å². The van der Waals surface area contributed by atoms with E-state index in [9.17, 15) is 9.59 Å². The third kappa shape index (κ3) is 26.0. The Bertz CT molecular complexity index is 3390. The second kappa shape index (κ2) is 33.9. The van der Waals surface area contributed by atoms with E-state index in [0.717, 1.165) is 11.1 Å². The predicted molar refractivity (Wildman–Crippen MR) is 221 cm³/mol. The topological polar surface area (TPSA) is 52.6 Å². The van der Waals surface area contributed by atoms with Crippen LogP contribution in [0.4, 0.5) is 0 Å². The van der Waals surface area contributed by atoms with E-state index >= 15 is 0 Å². The Kier molecular flexibility index (Phi) is 25.6. The van der Waals surface area contributed by atoms with Crippen LogP contribution in [0.2, 0.25) is 0 Å². The average molecular weight is 757 g/mol. The van der Waals surface area contributed by atoms with Gasteiger partial charge in [0.25, 0.3) is 0 Å². The van der Waals surface area contributed by atoms with Crippen LogP contribution in [0, 0.1) is 0 Å². The average Bonchev–Trinajstić information content (AvgIpc) is 3.27. The van der Waals surface area contributed by atoms with Gasteiger partial charge in [-0.1, -0.05) is 78.5 Å². The molecule has 0 fully saturated rings. The number of carbonyl (C=O) groups is 2. The van der Waals surface area contributed by atoms with Gasteiger partial charge in [0.15, 0.2) is 5.57 Å². The minimum atomic E-state index is -0.951. The fourth-order valence-electron chi connectivity index (χ4n) is 3.15. The highest BCUT2D eigenvalue weighted by atomic mass is 16.6. The zero-order chi connectivity index (χ0) is 42.7. The van der Waals surface area contributed by atoms with Gasteiger partial charge >= 0.3 is 11.9 Å². The quantitative estimate of drug-likeness (QED) is 0.0887. The second-order valence-electron chi connectivity index (χ2n) is 9.50. The molecular formula is C56H20O4. The molecule has 0 aliphatic carbocycles. The smallest absolute Gasteiger partial charge is 0.354 e. The molecule has 0 spiro atoms. The molecule has 60 heavy (non-hydrogen) atoms. The van der Waals surface area contributed by atoms with Gasteiger partial charge in [0.1, 0.15) is 13.2 Å². The Morgan fingerprint density at radius 1 is 0.383 bits per heavy atom. The minimum absolute atomic E-state index is 0.0868. The van der Waals surface area contributed by atoms with E-state index < -0.39 is 17.5 Å². The summed E-state index contributed by atoms with van der Waals surface area (Å²) in [6.45, 7) is 3.14. The van der Waals surface area contributed by atoms with Crippen LogP contribution in [0.5, 0.6) is 0 Å². The largest absolute Gasteiger partial charge is 0.457 e. The Morgan fingerprint density at radius 2 is 0.633 bits per heavy atom. The molecule has 0 saturated heterocycles. The van der Waals surface area contributed by atoms with Gasteiger partial charge in [0, 0.05) is 91.7 Å². The van der Waals surface area contributed by atoms with Crippen molar-refractivity contribution in [3.8, 4) is 0 Å². The van der Waals surface area contributed by atoms with Gasteiger partial charge in [-0.15, -0.1) is 0 Å². The lowest BCUT2D eigenvalue weighted by atomic mass is 10.2. The molecule has 0 N–H and O–H groups in total. The molecule has 0 bridgehead atoms. The van der Waals surface area contributed by atoms with Crippen LogP contribution < -0.4 is 0 Å².